The van der Waals surface area contributed by atoms with Crippen molar-refractivity contribution in [2.75, 3.05) is 18.0 Å². The van der Waals surface area contributed by atoms with Gasteiger partial charge in [-0.1, -0.05) is 28.9 Å². The first-order chi connectivity index (χ1) is 11.5. The largest absolute Gasteiger partial charge is 0.360 e. The molecule has 2 amide bonds. The van der Waals surface area contributed by atoms with Gasteiger partial charge in [0.1, 0.15) is 5.76 Å². The molecular formula is C17H18ClN3O3. The number of aryl methyl sites for hydroxylation is 1. The summed E-state index contributed by atoms with van der Waals surface area (Å²) in [6.07, 6.45) is 0.883. The van der Waals surface area contributed by atoms with E-state index in [4.69, 9.17) is 16.1 Å². The van der Waals surface area contributed by atoms with Crippen LogP contribution in [-0.2, 0) is 16.0 Å². The molecule has 24 heavy (non-hydrogen) atoms. The lowest BCUT2D eigenvalue weighted by Crippen LogP contribution is -2.34. The number of amides is 2. The Balaban J connectivity index is 1.52. The van der Waals surface area contributed by atoms with Crippen molar-refractivity contribution >= 4 is 29.2 Å². The summed E-state index contributed by atoms with van der Waals surface area (Å²) in [5.41, 5.74) is 1.06. The van der Waals surface area contributed by atoms with Crippen LogP contribution in [0.1, 0.15) is 17.7 Å². The Kier molecular flexibility index (Phi) is 4.85. The molecule has 1 aliphatic heterocycles. The lowest BCUT2D eigenvalue weighted by Gasteiger charge is -2.13. The van der Waals surface area contributed by atoms with Gasteiger partial charge in [0, 0.05) is 30.6 Å². The number of nitrogens with one attached hydrogen (secondary N) is 1. The topological polar surface area (TPSA) is 75.4 Å². The van der Waals surface area contributed by atoms with Crippen molar-refractivity contribution in [1.29, 1.82) is 0 Å². The predicted octanol–water partition coefficient (Wildman–Crippen LogP) is 2.35. The molecule has 1 aromatic carbocycles. The van der Waals surface area contributed by atoms with Gasteiger partial charge in [-0.25, -0.2) is 0 Å². The Morgan fingerprint density at radius 2 is 2.29 bits per heavy atom. The van der Waals surface area contributed by atoms with Crippen molar-refractivity contribution in [2.45, 2.75) is 19.8 Å². The van der Waals surface area contributed by atoms with E-state index in [-0.39, 0.29) is 24.2 Å². The van der Waals surface area contributed by atoms with Gasteiger partial charge in [-0.05, 0) is 31.0 Å². The minimum absolute atomic E-state index is 0.113. The molecule has 1 atom stereocenters. The Hall–Kier alpha value is -2.34. The fourth-order valence-electron chi connectivity index (χ4n) is 2.75. The highest BCUT2D eigenvalue weighted by atomic mass is 35.5. The SMILES string of the molecule is Cc1cc(N2CC(C(=O)NCCc3cccc(Cl)c3)CC2=O)no1. The second-order valence-electron chi connectivity index (χ2n) is 5.87. The van der Waals surface area contributed by atoms with Crippen LogP contribution in [0.25, 0.3) is 0 Å². The van der Waals surface area contributed by atoms with Crippen molar-refractivity contribution in [3.05, 3.63) is 46.7 Å². The molecule has 6 nitrogen and oxygen atoms in total. The molecule has 2 aromatic rings. The number of nitrogens with zero attached hydrogens (tertiary/aromatic N) is 2. The zero-order valence-electron chi connectivity index (χ0n) is 13.3. The van der Waals surface area contributed by atoms with Gasteiger partial charge in [-0.15, -0.1) is 0 Å². The van der Waals surface area contributed by atoms with E-state index < -0.39 is 0 Å². The van der Waals surface area contributed by atoms with Crippen molar-refractivity contribution in [2.24, 2.45) is 5.92 Å². The molecule has 2 heterocycles. The summed E-state index contributed by atoms with van der Waals surface area (Å²) in [4.78, 5) is 25.8. The zero-order chi connectivity index (χ0) is 17.1. The molecule has 0 saturated carbocycles. The first kappa shape index (κ1) is 16.5. The van der Waals surface area contributed by atoms with Crippen LogP contribution in [0.15, 0.2) is 34.9 Å². The number of carbonyl (C=O) groups is 2. The van der Waals surface area contributed by atoms with Gasteiger partial charge >= 0.3 is 0 Å². The number of halogens is 1. The molecule has 1 fully saturated rings. The first-order valence-electron chi connectivity index (χ1n) is 7.79. The highest BCUT2D eigenvalue weighted by molar-refractivity contribution is 6.30. The molecule has 7 heteroatoms. The first-order valence-corrected chi connectivity index (χ1v) is 8.16. The third kappa shape index (κ3) is 3.76. The predicted molar refractivity (Wildman–Crippen MR) is 89.9 cm³/mol. The van der Waals surface area contributed by atoms with Crippen molar-refractivity contribution in [1.82, 2.24) is 10.5 Å². The van der Waals surface area contributed by atoms with Gasteiger partial charge in [0.25, 0.3) is 0 Å². The number of hydrogen-bond donors (Lipinski definition) is 1. The highest BCUT2D eigenvalue weighted by Gasteiger charge is 2.36. The number of anilines is 1. The highest BCUT2D eigenvalue weighted by Crippen LogP contribution is 2.24. The molecule has 1 saturated heterocycles. The Labute approximate surface area is 144 Å². The lowest BCUT2D eigenvalue weighted by atomic mass is 10.1. The van der Waals surface area contributed by atoms with Gasteiger partial charge in [-0.3, -0.25) is 14.5 Å². The maximum absolute atomic E-state index is 12.3. The van der Waals surface area contributed by atoms with E-state index in [1.54, 1.807) is 13.0 Å². The summed E-state index contributed by atoms with van der Waals surface area (Å²) < 4.78 is 4.99. The van der Waals surface area contributed by atoms with Crippen LogP contribution in [0.5, 0.6) is 0 Å². The second kappa shape index (κ2) is 7.05. The van der Waals surface area contributed by atoms with E-state index in [2.05, 4.69) is 10.5 Å². The van der Waals surface area contributed by atoms with E-state index in [0.717, 1.165) is 5.56 Å². The van der Waals surface area contributed by atoms with E-state index in [1.165, 1.54) is 4.90 Å². The number of aromatic nitrogens is 1. The maximum atomic E-state index is 12.3. The Morgan fingerprint density at radius 3 is 3.00 bits per heavy atom. The van der Waals surface area contributed by atoms with Crippen molar-refractivity contribution in [3.8, 4) is 0 Å². The van der Waals surface area contributed by atoms with Crippen LogP contribution in [-0.4, -0.2) is 30.1 Å². The quantitative estimate of drug-likeness (QED) is 0.900. The van der Waals surface area contributed by atoms with Gasteiger partial charge in [0.05, 0.1) is 5.92 Å². The van der Waals surface area contributed by atoms with Gasteiger partial charge in [-0.2, -0.15) is 0 Å². The standard InChI is InChI=1S/C17H18ClN3O3/c1-11-7-15(20-24-11)21-10-13(9-16(21)22)17(23)19-6-5-12-3-2-4-14(18)8-12/h2-4,7-8,13H,5-6,9-10H2,1H3,(H,19,23). The van der Waals surface area contributed by atoms with Crippen molar-refractivity contribution < 1.29 is 14.1 Å². The third-order valence-electron chi connectivity index (χ3n) is 3.99. The van der Waals surface area contributed by atoms with Crippen molar-refractivity contribution in [3.63, 3.8) is 0 Å². The van der Waals surface area contributed by atoms with Gasteiger partial charge in [0.15, 0.2) is 5.82 Å². The molecule has 0 radical (unpaired) electrons. The molecule has 0 bridgehead atoms. The smallest absolute Gasteiger partial charge is 0.229 e. The van der Waals surface area contributed by atoms with Crippen LogP contribution in [0.4, 0.5) is 5.82 Å². The molecule has 1 unspecified atom stereocenters. The van der Waals surface area contributed by atoms with Gasteiger partial charge in [0.2, 0.25) is 11.8 Å². The van der Waals surface area contributed by atoms with Crippen LogP contribution < -0.4 is 10.2 Å². The van der Waals surface area contributed by atoms with E-state index in [1.807, 2.05) is 24.3 Å². The van der Waals surface area contributed by atoms with E-state index in [9.17, 15) is 9.59 Å². The number of hydrogen-bond acceptors (Lipinski definition) is 4. The van der Waals surface area contributed by atoms with Crippen LogP contribution in [0.3, 0.4) is 0 Å². The summed E-state index contributed by atoms with van der Waals surface area (Å²) in [5, 5.41) is 7.40. The molecule has 126 valence electrons. The normalized spacial score (nSPS) is 17.3. The molecular weight excluding hydrogens is 330 g/mol. The summed E-state index contributed by atoms with van der Waals surface area (Å²) in [6, 6.07) is 9.23. The minimum Gasteiger partial charge on any atom is -0.360 e. The van der Waals surface area contributed by atoms with Crippen LogP contribution >= 0.6 is 11.6 Å². The molecule has 3 rings (SSSR count). The Bertz CT molecular complexity index is 759. The monoisotopic (exact) mass is 347 g/mol. The number of rotatable bonds is 5. The fraction of sp³-hybridized carbons (Fsp3) is 0.353. The second-order valence-corrected chi connectivity index (χ2v) is 6.31. The van der Waals surface area contributed by atoms with E-state index in [0.29, 0.717) is 36.1 Å². The molecule has 1 aliphatic rings. The summed E-state index contributed by atoms with van der Waals surface area (Å²) in [7, 11) is 0. The number of carbonyl (C=O) groups excluding carboxylic acids is 2. The zero-order valence-corrected chi connectivity index (χ0v) is 14.0. The molecule has 0 aliphatic carbocycles. The lowest BCUT2D eigenvalue weighted by molar-refractivity contribution is -0.126. The third-order valence-corrected chi connectivity index (χ3v) is 4.22. The average molecular weight is 348 g/mol. The van der Waals surface area contributed by atoms with Crippen LogP contribution in [0, 0.1) is 12.8 Å². The summed E-state index contributed by atoms with van der Waals surface area (Å²) >= 11 is 5.94. The molecule has 1 N–H and O–H groups in total. The summed E-state index contributed by atoms with van der Waals surface area (Å²) in [6.45, 7) is 2.60. The fourth-order valence-corrected chi connectivity index (χ4v) is 2.96. The molecule has 0 spiro atoms. The van der Waals surface area contributed by atoms with E-state index >= 15 is 0 Å². The maximum Gasteiger partial charge on any atom is 0.229 e. The van der Waals surface area contributed by atoms with Gasteiger partial charge < -0.3 is 9.84 Å². The molecule has 1 aromatic heterocycles. The number of benzene rings is 1. The summed E-state index contributed by atoms with van der Waals surface area (Å²) in [5.74, 6) is 0.499. The minimum atomic E-state index is -0.367. The Morgan fingerprint density at radius 1 is 1.46 bits per heavy atom. The average Bonchev–Trinajstić information content (AvgIpc) is 3.13. The van der Waals surface area contributed by atoms with Crippen LogP contribution in [0.2, 0.25) is 5.02 Å².